The number of halogens is 8. The molecule has 2 amide bonds. The number of anilines is 1. The Morgan fingerprint density at radius 2 is 1.56 bits per heavy atom. The van der Waals surface area contributed by atoms with E-state index in [4.69, 9.17) is 11.6 Å². The number of carbonyl (C=O) groups excluding carboxylic acids is 1. The number of oxime groups is 1. The number of alkyl halides is 6. The van der Waals surface area contributed by atoms with Crippen molar-refractivity contribution in [1.82, 2.24) is 5.32 Å². The standard InChI is InChI=1S/C14H13ClF7N3O2/c1-7(2)10(15)25-27-12(13(17,18)19,14(20,21)22)24-11(26)23-9-5-3-8(16)4-6-9/h3-7H,1-2H3,(H2,23,24,26). The first-order chi connectivity index (χ1) is 12.2. The van der Waals surface area contributed by atoms with Crippen LogP contribution >= 0.6 is 11.6 Å². The number of urea groups is 1. The zero-order valence-corrected chi connectivity index (χ0v) is 14.4. The van der Waals surface area contributed by atoms with Crippen LogP contribution in [0.2, 0.25) is 0 Å². The molecule has 1 aromatic rings. The smallest absolute Gasteiger partial charge is 0.346 e. The zero-order chi connectivity index (χ0) is 21.0. The van der Waals surface area contributed by atoms with Gasteiger partial charge in [-0.05, 0) is 24.3 Å². The molecule has 2 N–H and O–H groups in total. The van der Waals surface area contributed by atoms with E-state index < -0.39 is 41.0 Å². The summed E-state index contributed by atoms with van der Waals surface area (Å²) in [7, 11) is 0. The summed E-state index contributed by atoms with van der Waals surface area (Å²) in [4.78, 5) is 15.4. The third kappa shape index (κ3) is 5.62. The molecular formula is C14H13ClF7N3O2. The largest absolute Gasteiger partial charge is 0.461 e. The van der Waals surface area contributed by atoms with Crippen molar-refractivity contribution in [2.45, 2.75) is 31.9 Å². The Morgan fingerprint density at radius 1 is 1.07 bits per heavy atom. The van der Waals surface area contributed by atoms with Crippen molar-refractivity contribution < 1.29 is 40.4 Å². The topological polar surface area (TPSA) is 62.7 Å². The van der Waals surface area contributed by atoms with Crippen LogP contribution in [0.5, 0.6) is 0 Å². The average Bonchev–Trinajstić information content (AvgIpc) is 2.50. The molecule has 0 aliphatic carbocycles. The molecule has 27 heavy (non-hydrogen) atoms. The van der Waals surface area contributed by atoms with Gasteiger partial charge < -0.3 is 10.2 Å². The number of carbonyl (C=O) groups is 1. The highest BCUT2D eigenvalue weighted by Gasteiger charge is 2.76. The van der Waals surface area contributed by atoms with Gasteiger partial charge >= 0.3 is 24.1 Å². The van der Waals surface area contributed by atoms with Crippen molar-refractivity contribution in [3.05, 3.63) is 30.1 Å². The van der Waals surface area contributed by atoms with Gasteiger partial charge in [-0.1, -0.05) is 30.6 Å². The number of amides is 2. The van der Waals surface area contributed by atoms with Crippen LogP contribution in [0.4, 0.5) is 41.2 Å². The third-order valence-corrected chi connectivity index (χ3v) is 3.44. The molecule has 0 spiro atoms. The van der Waals surface area contributed by atoms with Crippen LogP contribution in [0.15, 0.2) is 29.4 Å². The van der Waals surface area contributed by atoms with Crippen molar-refractivity contribution >= 4 is 28.5 Å². The lowest BCUT2D eigenvalue weighted by Gasteiger charge is -2.34. The van der Waals surface area contributed by atoms with E-state index in [0.29, 0.717) is 5.32 Å². The molecule has 0 aliphatic heterocycles. The maximum absolute atomic E-state index is 13.2. The summed E-state index contributed by atoms with van der Waals surface area (Å²) in [5.74, 6) is -1.47. The van der Waals surface area contributed by atoms with Gasteiger partial charge in [0.15, 0.2) is 0 Å². The van der Waals surface area contributed by atoms with Gasteiger partial charge in [0.05, 0.1) is 0 Å². The summed E-state index contributed by atoms with van der Waals surface area (Å²) >= 11 is 5.43. The van der Waals surface area contributed by atoms with Gasteiger partial charge in [-0.25, -0.2) is 9.18 Å². The number of nitrogens with one attached hydrogen (secondary N) is 2. The first kappa shape index (κ1) is 22.8. The number of benzene rings is 1. The van der Waals surface area contributed by atoms with Crippen molar-refractivity contribution in [2.75, 3.05) is 5.32 Å². The molecule has 13 heteroatoms. The highest BCUT2D eigenvalue weighted by atomic mass is 35.5. The number of nitrogens with zero attached hydrogens (tertiary/aromatic N) is 1. The minimum absolute atomic E-state index is 0.268. The minimum atomic E-state index is -6.15. The second-order valence-electron chi connectivity index (χ2n) is 5.42. The molecule has 0 aliphatic rings. The van der Waals surface area contributed by atoms with Crippen LogP contribution in [-0.2, 0) is 4.84 Å². The van der Waals surface area contributed by atoms with Gasteiger partial charge in [0.1, 0.15) is 11.0 Å². The molecule has 152 valence electrons. The Morgan fingerprint density at radius 3 is 1.96 bits per heavy atom. The fraction of sp³-hybridized carbons (Fsp3) is 0.429. The van der Waals surface area contributed by atoms with Crippen LogP contribution in [0.1, 0.15) is 13.8 Å². The highest BCUT2D eigenvalue weighted by Crippen LogP contribution is 2.44. The maximum Gasteiger partial charge on any atom is 0.461 e. The molecule has 5 nitrogen and oxygen atoms in total. The molecule has 0 aromatic heterocycles. The van der Waals surface area contributed by atoms with E-state index in [0.717, 1.165) is 24.3 Å². The Labute approximate surface area is 153 Å². The summed E-state index contributed by atoms with van der Waals surface area (Å²) in [5, 5.41) is 4.35. The van der Waals surface area contributed by atoms with Crippen molar-refractivity contribution in [3.63, 3.8) is 0 Å². The molecular weight excluding hydrogens is 411 g/mol. The molecule has 0 fully saturated rings. The minimum Gasteiger partial charge on any atom is -0.346 e. The second kappa shape index (κ2) is 8.19. The van der Waals surface area contributed by atoms with Gasteiger partial charge in [0, 0.05) is 11.6 Å². The normalized spacial score (nSPS) is 13.5. The number of rotatable bonds is 5. The number of hydrogen-bond acceptors (Lipinski definition) is 3. The monoisotopic (exact) mass is 423 g/mol. The van der Waals surface area contributed by atoms with Gasteiger partial charge in [0.2, 0.25) is 0 Å². The van der Waals surface area contributed by atoms with Crippen LogP contribution < -0.4 is 10.6 Å². The summed E-state index contributed by atoms with van der Waals surface area (Å²) in [6, 6.07) is 1.59. The summed E-state index contributed by atoms with van der Waals surface area (Å²) in [6.45, 7) is 2.68. The molecule has 0 saturated carbocycles. The van der Waals surface area contributed by atoms with Crippen LogP contribution in [0.25, 0.3) is 0 Å². The molecule has 1 aromatic carbocycles. The van der Waals surface area contributed by atoms with E-state index >= 15 is 0 Å². The average molecular weight is 424 g/mol. The van der Waals surface area contributed by atoms with Gasteiger partial charge in [0.25, 0.3) is 0 Å². The summed E-state index contributed by atoms with van der Waals surface area (Å²) in [5.41, 5.74) is -5.44. The lowest BCUT2D eigenvalue weighted by molar-refractivity contribution is -0.388. The van der Waals surface area contributed by atoms with Crippen LogP contribution in [0.3, 0.4) is 0 Å². The van der Waals surface area contributed by atoms with E-state index in [9.17, 15) is 35.5 Å². The molecule has 0 heterocycles. The lowest BCUT2D eigenvalue weighted by Crippen LogP contribution is -2.69. The molecule has 1 rings (SSSR count). The summed E-state index contributed by atoms with van der Waals surface area (Å²) in [6.07, 6.45) is -12.3. The fourth-order valence-electron chi connectivity index (χ4n) is 1.50. The van der Waals surface area contributed by atoms with Crippen molar-refractivity contribution in [2.24, 2.45) is 11.1 Å². The molecule has 0 atom stereocenters. The first-order valence-electron chi connectivity index (χ1n) is 7.09. The zero-order valence-electron chi connectivity index (χ0n) is 13.7. The van der Waals surface area contributed by atoms with Gasteiger partial charge in [-0.15, -0.1) is 0 Å². The maximum atomic E-state index is 13.2. The van der Waals surface area contributed by atoms with E-state index in [-0.39, 0.29) is 5.69 Å². The predicted molar refractivity (Wildman–Crippen MR) is 82.6 cm³/mol. The van der Waals surface area contributed by atoms with E-state index in [1.165, 1.54) is 13.8 Å². The van der Waals surface area contributed by atoms with Gasteiger partial charge in [-0.3, -0.25) is 5.32 Å². The highest BCUT2D eigenvalue weighted by molar-refractivity contribution is 6.65. The SMILES string of the molecule is CC(C)C(Cl)=NOC(NC(=O)Nc1ccc(F)cc1)(C(F)(F)F)C(F)(F)F. The van der Waals surface area contributed by atoms with Crippen LogP contribution in [-0.4, -0.2) is 29.3 Å². The fourth-order valence-corrected chi connectivity index (χ4v) is 1.54. The summed E-state index contributed by atoms with van der Waals surface area (Å²) < 4.78 is 92.1. The van der Waals surface area contributed by atoms with E-state index in [1.807, 2.05) is 0 Å². The predicted octanol–water partition coefficient (Wildman–Crippen LogP) is 4.99. The Hall–Kier alpha value is -2.24. The lowest BCUT2D eigenvalue weighted by atomic mass is 10.2. The molecule has 0 saturated heterocycles. The van der Waals surface area contributed by atoms with E-state index in [1.54, 1.807) is 5.32 Å². The Balaban J connectivity index is 3.21. The number of hydrogen-bond donors (Lipinski definition) is 2. The third-order valence-electron chi connectivity index (χ3n) is 2.94. The Kier molecular flexibility index (Phi) is 6.92. The molecule has 0 bridgehead atoms. The van der Waals surface area contributed by atoms with E-state index in [2.05, 4.69) is 9.99 Å². The molecule has 0 unspecified atom stereocenters. The van der Waals surface area contributed by atoms with Crippen LogP contribution in [0, 0.1) is 11.7 Å². The van der Waals surface area contributed by atoms with Crippen molar-refractivity contribution in [1.29, 1.82) is 0 Å². The quantitative estimate of drug-likeness (QED) is 0.303. The molecule has 0 radical (unpaired) electrons. The first-order valence-corrected chi connectivity index (χ1v) is 7.47. The van der Waals surface area contributed by atoms with Crippen molar-refractivity contribution in [3.8, 4) is 0 Å². The van der Waals surface area contributed by atoms with Gasteiger partial charge in [-0.2, -0.15) is 26.3 Å². The Bertz CT molecular complexity index is 673. The second-order valence-corrected chi connectivity index (χ2v) is 5.81.